The van der Waals surface area contributed by atoms with Crippen molar-refractivity contribution in [1.82, 2.24) is 10.6 Å². The molecule has 2 amide bonds. The average Bonchev–Trinajstić information content (AvgIpc) is 3.51. The lowest BCUT2D eigenvalue weighted by atomic mass is 9.95. The molecule has 0 aliphatic carbocycles. The summed E-state index contributed by atoms with van der Waals surface area (Å²) in [6, 6.07) is -3.12. The standard InChI is InChI=1S/C33H54N2O26/c1-7(40)34-13-17(44)15(42)9(3-36)54-30(13)61-27-19(46)18(45)26(28(50)51)60-33(27)58-24-12(6-39)56-32(22(24)49)57-23-11(5-38)55-31(21(48)20(23)47)59-25-14(35-8(2)41)29(52)53-10(4-37)16(25)43/h9-27,29-33,36-39,42-49,52H,3-6H2,1-2H3,(H,34,40)(H,35,41)(H,50,51)/t9-,10-,11-,12-,13-,14-,15+,16+,17-,18+,19+,20-,21-,22-,23+,24-,25-,26+,27-,29+,30+,31+,32+,33-/m1/s1. The van der Waals surface area contributed by atoms with Gasteiger partial charge in [-0.3, -0.25) is 9.59 Å². The molecule has 5 saturated heterocycles. The molecule has 61 heavy (non-hydrogen) atoms. The van der Waals surface area contributed by atoms with Gasteiger partial charge in [-0.15, -0.1) is 0 Å². The van der Waals surface area contributed by atoms with Crippen molar-refractivity contribution >= 4 is 17.8 Å². The molecular weight excluding hydrogens is 840 g/mol. The molecule has 0 saturated carbocycles. The van der Waals surface area contributed by atoms with E-state index in [2.05, 4.69) is 10.6 Å². The van der Waals surface area contributed by atoms with Gasteiger partial charge in [-0.2, -0.15) is 0 Å². The van der Waals surface area contributed by atoms with Crippen molar-refractivity contribution in [2.24, 2.45) is 0 Å². The number of carbonyl (C=O) groups is 3. The molecule has 0 aromatic carbocycles. The summed E-state index contributed by atoms with van der Waals surface area (Å²) in [6.07, 6.45) is -41.6. The predicted octanol–water partition coefficient (Wildman–Crippen LogP) is -10.9. The number of aliphatic hydroxyl groups is 13. The fraction of sp³-hybridized carbons (Fsp3) is 0.909. The molecule has 0 unspecified atom stereocenters. The molecule has 5 aliphatic heterocycles. The highest BCUT2D eigenvalue weighted by atomic mass is 16.8. The topological polar surface area (TPSA) is 442 Å². The van der Waals surface area contributed by atoms with E-state index in [4.69, 9.17) is 42.6 Å². The van der Waals surface area contributed by atoms with Gasteiger partial charge in [0.05, 0.1) is 26.4 Å². The van der Waals surface area contributed by atoms with Crippen LogP contribution in [-0.2, 0) is 57.0 Å². The number of hydrogen-bond donors (Lipinski definition) is 16. The van der Waals surface area contributed by atoms with E-state index in [1.807, 2.05) is 0 Å². The smallest absolute Gasteiger partial charge is 0.335 e. The SMILES string of the molecule is CC(=O)N[C@@H]1[C@@H](O[C@@H]2O[C@H](CO)[C@H](O[C@@H]3O[C@H](CO)[C@@H](O[C@@H]4O[C@H](C(=O)O)[C@@H](O)[C@H](O)[C@H]4O[C@@H]4O[C@H](CO)[C@H](O)[C@H](O)[C@H]4NC(C)=O)[C@H]3O)[C@H](O)[C@H]2O)[C@@H](O)[C@@H](CO)O[C@@H]1O. The molecule has 24 atom stereocenters. The Morgan fingerprint density at radius 1 is 0.443 bits per heavy atom. The van der Waals surface area contributed by atoms with Crippen LogP contribution in [0.1, 0.15) is 13.8 Å². The number of hydrogen-bond acceptors (Lipinski definition) is 25. The van der Waals surface area contributed by atoms with Crippen LogP contribution in [0.3, 0.4) is 0 Å². The van der Waals surface area contributed by atoms with Crippen molar-refractivity contribution in [3.8, 4) is 0 Å². The first-order valence-electron chi connectivity index (χ1n) is 19.0. The number of rotatable bonds is 15. The van der Waals surface area contributed by atoms with E-state index in [1.165, 1.54) is 0 Å². The first-order chi connectivity index (χ1) is 28.8. The Morgan fingerprint density at radius 2 is 0.885 bits per heavy atom. The van der Waals surface area contributed by atoms with Gasteiger partial charge in [-0.1, -0.05) is 0 Å². The van der Waals surface area contributed by atoms with E-state index in [1.54, 1.807) is 0 Å². The molecular formula is C33H54N2O26. The van der Waals surface area contributed by atoms with Gasteiger partial charge in [0.1, 0.15) is 110 Å². The molecule has 0 radical (unpaired) electrons. The van der Waals surface area contributed by atoms with Gasteiger partial charge in [0.25, 0.3) is 0 Å². The van der Waals surface area contributed by atoms with Gasteiger partial charge >= 0.3 is 5.97 Å². The van der Waals surface area contributed by atoms with Crippen LogP contribution in [0, 0.1) is 0 Å². The maximum atomic E-state index is 12.0. The van der Waals surface area contributed by atoms with Crippen LogP contribution in [0.4, 0.5) is 0 Å². The highest BCUT2D eigenvalue weighted by molar-refractivity contribution is 5.74. The second-order valence-corrected chi connectivity index (χ2v) is 15.0. The Bertz CT molecular complexity index is 1470. The van der Waals surface area contributed by atoms with E-state index >= 15 is 0 Å². The third-order valence-corrected chi connectivity index (χ3v) is 10.7. The van der Waals surface area contributed by atoms with Gasteiger partial charge < -0.3 is 125 Å². The molecule has 0 spiro atoms. The van der Waals surface area contributed by atoms with Crippen molar-refractivity contribution in [2.45, 2.75) is 161 Å². The van der Waals surface area contributed by atoms with E-state index in [0.717, 1.165) is 13.8 Å². The quantitative estimate of drug-likeness (QED) is 0.0726. The first kappa shape index (κ1) is 49.5. The normalized spacial score (nSPS) is 48.0. The Hall–Kier alpha value is -2.47. The number of carboxylic acids is 1. The predicted molar refractivity (Wildman–Crippen MR) is 184 cm³/mol. The highest BCUT2D eigenvalue weighted by Crippen LogP contribution is 2.36. The van der Waals surface area contributed by atoms with Crippen molar-refractivity contribution in [1.29, 1.82) is 0 Å². The third kappa shape index (κ3) is 10.6. The van der Waals surface area contributed by atoms with Crippen LogP contribution in [0.15, 0.2) is 0 Å². The minimum absolute atomic E-state index is 0.708. The van der Waals surface area contributed by atoms with Gasteiger partial charge in [0.15, 0.2) is 37.6 Å². The second-order valence-electron chi connectivity index (χ2n) is 15.0. The van der Waals surface area contributed by atoms with Crippen LogP contribution in [-0.4, -0.2) is 263 Å². The molecule has 5 rings (SSSR count). The molecule has 0 bridgehead atoms. The molecule has 5 aliphatic rings. The van der Waals surface area contributed by atoms with Gasteiger partial charge in [0.2, 0.25) is 11.8 Å². The fourth-order valence-corrected chi connectivity index (χ4v) is 7.60. The lowest BCUT2D eigenvalue weighted by Crippen LogP contribution is -2.68. The highest BCUT2D eigenvalue weighted by Gasteiger charge is 2.58. The lowest BCUT2D eigenvalue weighted by molar-refractivity contribution is -0.360. The van der Waals surface area contributed by atoms with E-state index in [9.17, 15) is 85.9 Å². The summed E-state index contributed by atoms with van der Waals surface area (Å²) in [6.45, 7) is -1.56. The summed E-state index contributed by atoms with van der Waals surface area (Å²) in [5.41, 5.74) is 0. The molecule has 5 heterocycles. The summed E-state index contributed by atoms with van der Waals surface area (Å²) in [7, 11) is 0. The van der Waals surface area contributed by atoms with Crippen molar-refractivity contribution < 1.29 is 129 Å². The van der Waals surface area contributed by atoms with Gasteiger partial charge in [0, 0.05) is 13.8 Å². The Labute approximate surface area is 344 Å². The first-order valence-corrected chi connectivity index (χ1v) is 19.0. The van der Waals surface area contributed by atoms with Crippen LogP contribution in [0.5, 0.6) is 0 Å². The van der Waals surface area contributed by atoms with Gasteiger partial charge in [-0.05, 0) is 0 Å². The largest absolute Gasteiger partial charge is 0.479 e. The zero-order valence-electron chi connectivity index (χ0n) is 32.3. The number of carbonyl (C=O) groups excluding carboxylic acids is 2. The van der Waals surface area contributed by atoms with Crippen LogP contribution in [0.2, 0.25) is 0 Å². The Kier molecular flexibility index (Phi) is 17.1. The monoisotopic (exact) mass is 894 g/mol. The summed E-state index contributed by atoms with van der Waals surface area (Å²) in [4.78, 5) is 35.8. The zero-order chi connectivity index (χ0) is 45.2. The number of nitrogens with one attached hydrogen (secondary N) is 2. The average molecular weight is 895 g/mol. The van der Waals surface area contributed by atoms with E-state index < -0.39 is 192 Å². The number of aliphatic hydroxyl groups excluding tert-OH is 13. The summed E-state index contributed by atoms with van der Waals surface area (Å²) >= 11 is 0. The second kappa shape index (κ2) is 21.0. The van der Waals surface area contributed by atoms with Crippen molar-refractivity contribution in [2.75, 3.05) is 26.4 Å². The van der Waals surface area contributed by atoms with Crippen LogP contribution < -0.4 is 10.6 Å². The molecule has 28 nitrogen and oxygen atoms in total. The lowest BCUT2D eigenvalue weighted by Gasteiger charge is -2.47. The minimum Gasteiger partial charge on any atom is -0.479 e. The number of ether oxygens (including phenoxy) is 9. The third-order valence-electron chi connectivity index (χ3n) is 10.7. The number of aliphatic carboxylic acids is 1. The molecule has 28 heteroatoms. The number of carboxylic acid groups (broad SMARTS) is 1. The maximum Gasteiger partial charge on any atom is 0.335 e. The maximum absolute atomic E-state index is 12.0. The molecule has 0 aromatic heterocycles. The zero-order valence-corrected chi connectivity index (χ0v) is 32.3. The Balaban J connectivity index is 1.34. The van der Waals surface area contributed by atoms with Crippen LogP contribution >= 0.6 is 0 Å². The summed E-state index contributed by atoms with van der Waals surface area (Å²) in [5.74, 6) is -3.29. The van der Waals surface area contributed by atoms with E-state index in [-0.39, 0.29) is 0 Å². The minimum atomic E-state index is -2.24. The fourth-order valence-electron chi connectivity index (χ4n) is 7.60. The van der Waals surface area contributed by atoms with Gasteiger partial charge in [-0.25, -0.2) is 4.79 Å². The Morgan fingerprint density at radius 3 is 1.43 bits per heavy atom. The molecule has 5 fully saturated rings. The molecule has 16 N–H and O–H groups in total. The van der Waals surface area contributed by atoms with E-state index in [0.29, 0.717) is 0 Å². The van der Waals surface area contributed by atoms with Crippen molar-refractivity contribution in [3.63, 3.8) is 0 Å². The summed E-state index contributed by atoms with van der Waals surface area (Å²) in [5, 5.41) is 152. The molecule has 0 aromatic rings. The van der Waals surface area contributed by atoms with Crippen molar-refractivity contribution in [3.05, 3.63) is 0 Å². The van der Waals surface area contributed by atoms with Crippen LogP contribution in [0.25, 0.3) is 0 Å². The summed E-state index contributed by atoms with van der Waals surface area (Å²) < 4.78 is 50.3. The molecule has 352 valence electrons. The number of amides is 2.